The Hall–Kier alpha value is -3.93. The van der Waals surface area contributed by atoms with Crippen LogP contribution in [0.25, 0.3) is 16.6 Å². The molecule has 150 valence electrons. The first-order valence-corrected chi connectivity index (χ1v) is 9.51. The summed E-state index contributed by atoms with van der Waals surface area (Å²) in [6.07, 6.45) is 2.65. The molecule has 0 atom stereocenters. The van der Waals surface area contributed by atoms with E-state index in [2.05, 4.69) is 0 Å². The number of carbonyl (C=O) groups is 1. The molecule has 0 aliphatic rings. The number of fused-ring (bicyclic) bond motifs is 1. The third kappa shape index (κ3) is 3.55. The summed E-state index contributed by atoms with van der Waals surface area (Å²) in [5, 5.41) is 11.8. The van der Waals surface area contributed by atoms with Gasteiger partial charge in [0.15, 0.2) is 6.29 Å². The van der Waals surface area contributed by atoms with Crippen LogP contribution in [-0.2, 0) is 6.61 Å². The molecule has 0 unspecified atom stereocenters. The highest BCUT2D eigenvalue weighted by Crippen LogP contribution is 2.41. The first-order chi connectivity index (χ1) is 14.5. The van der Waals surface area contributed by atoms with Gasteiger partial charge in [-0.3, -0.25) is 14.9 Å². The minimum absolute atomic E-state index is 0.121. The Labute approximate surface area is 173 Å². The Kier molecular flexibility index (Phi) is 5.06. The number of aryl methyl sites for hydroxylation is 2. The van der Waals surface area contributed by atoms with Crippen LogP contribution in [-0.4, -0.2) is 15.6 Å². The van der Waals surface area contributed by atoms with Gasteiger partial charge >= 0.3 is 5.69 Å². The van der Waals surface area contributed by atoms with Gasteiger partial charge in [0.2, 0.25) is 5.75 Å². The number of aldehydes is 1. The van der Waals surface area contributed by atoms with Gasteiger partial charge in [0.1, 0.15) is 6.61 Å². The SMILES string of the molecule is Cc1cc(-c2cc3ccc(C)cn3c2C=O)c(OCc2ccccc2)c([N+](=O)[O-])c1. The number of carbonyl (C=O) groups excluding carboxylic acids is 1. The number of ether oxygens (including phenoxy) is 1. The van der Waals surface area contributed by atoms with Crippen LogP contribution in [0, 0.1) is 24.0 Å². The summed E-state index contributed by atoms with van der Waals surface area (Å²) in [4.78, 5) is 23.3. The number of nitrogens with zero attached hydrogens (tertiary/aromatic N) is 2. The summed E-state index contributed by atoms with van der Waals surface area (Å²) < 4.78 is 7.78. The van der Waals surface area contributed by atoms with Gasteiger partial charge in [0.25, 0.3) is 0 Å². The minimum atomic E-state index is -0.447. The quantitative estimate of drug-likeness (QED) is 0.243. The van der Waals surface area contributed by atoms with Crippen molar-refractivity contribution in [1.82, 2.24) is 4.40 Å². The number of nitro benzene ring substituents is 1. The van der Waals surface area contributed by atoms with Crippen molar-refractivity contribution in [2.45, 2.75) is 20.5 Å². The Morgan fingerprint density at radius 3 is 2.47 bits per heavy atom. The fourth-order valence-electron chi connectivity index (χ4n) is 3.60. The predicted molar refractivity (Wildman–Crippen MR) is 115 cm³/mol. The van der Waals surface area contributed by atoms with Gasteiger partial charge in [0, 0.05) is 28.9 Å². The molecule has 2 aromatic heterocycles. The summed E-state index contributed by atoms with van der Waals surface area (Å²) in [6.45, 7) is 3.91. The zero-order valence-corrected chi connectivity index (χ0v) is 16.7. The topological polar surface area (TPSA) is 73.8 Å². The van der Waals surface area contributed by atoms with E-state index in [0.717, 1.165) is 22.9 Å². The van der Waals surface area contributed by atoms with E-state index in [-0.39, 0.29) is 18.0 Å². The first kappa shape index (κ1) is 19.4. The van der Waals surface area contributed by atoms with Crippen molar-refractivity contribution in [2.24, 2.45) is 0 Å². The molecule has 6 nitrogen and oxygen atoms in total. The molecule has 0 aliphatic heterocycles. The summed E-state index contributed by atoms with van der Waals surface area (Å²) in [5.74, 6) is 0.158. The molecule has 0 aliphatic carbocycles. The van der Waals surface area contributed by atoms with Crippen molar-refractivity contribution in [3.63, 3.8) is 0 Å². The lowest BCUT2D eigenvalue weighted by Crippen LogP contribution is -2.02. The van der Waals surface area contributed by atoms with Crippen LogP contribution in [0.5, 0.6) is 5.75 Å². The second-order valence-electron chi connectivity index (χ2n) is 7.25. The van der Waals surface area contributed by atoms with Crippen molar-refractivity contribution in [3.05, 3.63) is 99.4 Å². The van der Waals surface area contributed by atoms with Crippen LogP contribution in [0.1, 0.15) is 27.2 Å². The van der Waals surface area contributed by atoms with Crippen LogP contribution >= 0.6 is 0 Å². The van der Waals surface area contributed by atoms with Crippen LogP contribution in [0.15, 0.2) is 66.9 Å². The minimum Gasteiger partial charge on any atom is -0.482 e. The molecule has 4 aromatic rings. The molecular weight excluding hydrogens is 380 g/mol. The third-order valence-electron chi connectivity index (χ3n) is 4.99. The van der Waals surface area contributed by atoms with E-state index in [4.69, 9.17) is 4.74 Å². The van der Waals surface area contributed by atoms with E-state index in [0.29, 0.717) is 22.4 Å². The lowest BCUT2D eigenvalue weighted by molar-refractivity contribution is -0.385. The molecule has 2 heterocycles. The average molecular weight is 400 g/mol. The maximum absolute atomic E-state index is 12.0. The highest BCUT2D eigenvalue weighted by Gasteiger charge is 2.24. The average Bonchev–Trinajstić information content (AvgIpc) is 3.10. The highest BCUT2D eigenvalue weighted by atomic mass is 16.6. The lowest BCUT2D eigenvalue weighted by atomic mass is 10.0. The molecule has 0 N–H and O–H groups in total. The molecule has 0 radical (unpaired) electrons. The molecule has 4 rings (SSSR count). The zero-order chi connectivity index (χ0) is 21.3. The Balaban J connectivity index is 1.92. The van der Waals surface area contributed by atoms with Gasteiger partial charge in [-0.15, -0.1) is 0 Å². The zero-order valence-electron chi connectivity index (χ0n) is 16.7. The van der Waals surface area contributed by atoms with E-state index >= 15 is 0 Å². The number of pyridine rings is 1. The van der Waals surface area contributed by atoms with Crippen molar-refractivity contribution in [2.75, 3.05) is 0 Å². The van der Waals surface area contributed by atoms with Gasteiger partial charge in [-0.2, -0.15) is 0 Å². The van der Waals surface area contributed by atoms with Gasteiger partial charge in [-0.1, -0.05) is 36.4 Å². The molecule has 0 saturated carbocycles. The molecule has 30 heavy (non-hydrogen) atoms. The number of hydrogen-bond acceptors (Lipinski definition) is 4. The maximum Gasteiger partial charge on any atom is 0.311 e. The summed E-state index contributed by atoms with van der Waals surface area (Å²) in [5.41, 5.74) is 4.88. The number of benzene rings is 2. The van der Waals surface area contributed by atoms with E-state index in [9.17, 15) is 14.9 Å². The summed E-state index contributed by atoms with van der Waals surface area (Å²) in [7, 11) is 0. The van der Waals surface area contributed by atoms with Crippen LogP contribution in [0.3, 0.4) is 0 Å². The van der Waals surface area contributed by atoms with Crippen molar-refractivity contribution in [3.8, 4) is 16.9 Å². The third-order valence-corrected chi connectivity index (χ3v) is 4.99. The number of nitro groups is 1. The molecular formula is C24H20N2O4. The maximum atomic E-state index is 12.0. The number of rotatable bonds is 6. The fraction of sp³-hybridized carbons (Fsp3) is 0.125. The summed E-state index contributed by atoms with van der Waals surface area (Å²) in [6, 6.07) is 18.5. The monoisotopic (exact) mass is 400 g/mol. The molecule has 2 aromatic carbocycles. The van der Waals surface area contributed by atoms with Gasteiger partial charge in [-0.05, 0) is 48.7 Å². The number of hydrogen-bond donors (Lipinski definition) is 0. The summed E-state index contributed by atoms with van der Waals surface area (Å²) >= 11 is 0. The highest BCUT2D eigenvalue weighted by molar-refractivity contribution is 5.92. The van der Waals surface area contributed by atoms with Crippen molar-refractivity contribution >= 4 is 17.5 Å². The predicted octanol–water partition coefficient (Wildman–Crippen LogP) is 5.52. The molecule has 0 saturated heterocycles. The van der Waals surface area contributed by atoms with Gasteiger partial charge in [0.05, 0.1) is 10.6 Å². The van der Waals surface area contributed by atoms with Gasteiger partial charge < -0.3 is 9.14 Å². The molecule has 0 amide bonds. The molecule has 0 bridgehead atoms. The van der Waals surface area contributed by atoms with E-state index in [1.807, 2.05) is 67.7 Å². The van der Waals surface area contributed by atoms with Crippen LogP contribution in [0.4, 0.5) is 5.69 Å². The number of aromatic nitrogens is 1. The lowest BCUT2D eigenvalue weighted by Gasteiger charge is -2.13. The van der Waals surface area contributed by atoms with E-state index in [1.165, 1.54) is 6.07 Å². The molecule has 6 heteroatoms. The van der Waals surface area contributed by atoms with Crippen LogP contribution in [0.2, 0.25) is 0 Å². The Morgan fingerprint density at radius 1 is 1.00 bits per heavy atom. The first-order valence-electron chi connectivity index (χ1n) is 9.51. The smallest absolute Gasteiger partial charge is 0.311 e. The second-order valence-corrected chi connectivity index (χ2v) is 7.25. The Bertz CT molecular complexity index is 1260. The second kappa shape index (κ2) is 7.83. The standard InChI is InChI=1S/C24H20N2O4/c1-16-8-9-19-12-20(23(14-27)25(19)13-16)21-10-17(2)11-22(26(28)29)24(21)30-15-18-6-4-3-5-7-18/h3-14H,15H2,1-2H3. The van der Waals surface area contributed by atoms with Crippen LogP contribution < -0.4 is 4.74 Å². The van der Waals surface area contributed by atoms with E-state index in [1.54, 1.807) is 11.3 Å². The van der Waals surface area contributed by atoms with Crippen molar-refractivity contribution < 1.29 is 14.5 Å². The Morgan fingerprint density at radius 2 is 1.77 bits per heavy atom. The normalized spacial score (nSPS) is 10.9. The van der Waals surface area contributed by atoms with Crippen molar-refractivity contribution in [1.29, 1.82) is 0 Å². The van der Waals surface area contributed by atoms with E-state index < -0.39 is 4.92 Å². The molecule has 0 fully saturated rings. The largest absolute Gasteiger partial charge is 0.482 e. The fourth-order valence-corrected chi connectivity index (χ4v) is 3.60. The van der Waals surface area contributed by atoms with Gasteiger partial charge in [-0.25, -0.2) is 0 Å². The molecule has 0 spiro atoms.